The minimum Gasteiger partial charge on any atom is -0.345 e. The van der Waals surface area contributed by atoms with E-state index in [4.69, 9.17) is 4.98 Å². The van der Waals surface area contributed by atoms with Gasteiger partial charge in [0, 0.05) is 37.9 Å². The second kappa shape index (κ2) is 7.01. The molecule has 1 aliphatic heterocycles. The number of hydrogen-bond acceptors (Lipinski definition) is 6. The molecule has 1 fully saturated rings. The predicted molar refractivity (Wildman–Crippen MR) is 104 cm³/mol. The smallest absolute Gasteiger partial charge is 0.254 e. The lowest BCUT2D eigenvalue weighted by Gasteiger charge is -2.34. The molecule has 1 aliphatic rings. The number of benzene rings is 1. The second-order valence-electron chi connectivity index (χ2n) is 5.83. The minimum atomic E-state index is 0.0849. The fraction of sp³-hybridized carbons (Fsp3) is 0.278. The number of carbonyl (C=O) groups excluding carboxylic acids is 1. The van der Waals surface area contributed by atoms with E-state index in [1.165, 1.54) is 4.70 Å². The Morgan fingerprint density at radius 3 is 2.72 bits per heavy atom. The van der Waals surface area contributed by atoms with Crippen LogP contribution >= 0.6 is 23.1 Å². The standard InChI is InChI=1S/C18H18N4OS2/c1-24-16-12-13(6-7-19-16)17(23)21-8-10-22(11-9-21)18-20-14-4-2-3-5-15(14)25-18/h2-7,12H,8-11H2,1H3. The van der Waals surface area contributed by atoms with Crippen molar-refractivity contribution in [1.82, 2.24) is 14.9 Å². The maximum absolute atomic E-state index is 12.7. The van der Waals surface area contributed by atoms with E-state index >= 15 is 0 Å². The number of piperazine rings is 1. The molecule has 4 rings (SSSR count). The van der Waals surface area contributed by atoms with Crippen molar-refractivity contribution in [3.8, 4) is 0 Å². The summed E-state index contributed by atoms with van der Waals surface area (Å²) in [7, 11) is 0. The predicted octanol–water partition coefficient (Wildman–Crippen LogP) is 3.38. The summed E-state index contributed by atoms with van der Waals surface area (Å²) >= 11 is 3.26. The van der Waals surface area contributed by atoms with Crippen LogP contribution in [0.3, 0.4) is 0 Å². The van der Waals surface area contributed by atoms with Crippen LogP contribution in [0.5, 0.6) is 0 Å². The number of carbonyl (C=O) groups is 1. The van der Waals surface area contributed by atoms with Gasteiger partial charge in [-0.25, -0.2) is 9.97 Å². The molecule has 128 valence electrons. The number of anilines is 1. The van der Waals surface area contributed by atoms with Crippen molar-refractivity contribution in [2.24, 2.45) is 0 Å². The zero-order valence-corrected chi connectivity index (χ0v) is 15.5. The largest absolute Gasteiger partial charge is 0.345 e. The minimum absolute atomic E-state index is 0.0849. The van der Waals surface area contributed by atoms with E-state index < -0.39 is 0 Å². The molecule has 3 aromatic rings. The van der Waals surface area contributed by atoms with Gasteiger partial charge in [-0.1, -0.05) is 23.5 Å². The van der Waals surface area contributed by atoms with Crippen molar-refractivity contribution in [1.29, 1.82) is 0 Å². The van der Waals surface area contributed by atoms with Gasteiger partial charge in [0.05, 0.1) is 15.2 Å². The number of fused-ring (bicyclic) bond motifs is 1. The summed E-state index contributed by atoms with van der Waals surface area (Å²) in [5.74, 6) is 0.0849. The zero-order chi connectivity index (χ0) is 17.2. The van der Waals surface area contributed by atoms with Crippen LogP contribution in [0, 0.1) is 0 Å². The lowest BCUT2D eigenvalue weighted by atomic mass is 10.2. The van der Waals surface area contributed by atoms with Crippen LogP contribution in [0.4, 0.5) is 5.13 Å². The van der Waals surface area contributed by atoms with Gasteiger partial charge in [-0.2, -0.15) is 0 Å². The summed E-state index contributed by atoms with van der Waals surface area (Å²) in [6.07, 6.45) is 3.67. The van der Waals surface area contributed by atoms with Crippen molar-refractivity contribution in [3.05, 3.63) is 48.2 Å². The third-order valence-corrected chi connectivity index (χ3v) is 6.05. The molecule has 0 atom stereocenters. The summed E-state index contributed by atoms with van der Waals surface area (Å²) in [5.41, 5.74) is 1.76. The number of hydrogen-bond donors (Lipinski definition) is 0. The molecule has 25 heavy (non-hydrogen) atoms. The number of nitrogens with zero attached hydrogens (tertiary/aromatic N) is 4. The van der Waals surface area contributed by atoms with Crippen LogP contribution < -0.4 is 4.90 Å². The van der Waals surface area contributed by atoms with Crippen LogP contribution in [0.25, 0.3) is 10.2 Å². The highest BCUT2D eigenvalue weighted by Gasteiger charge is 2.24. The van der Waals surface area contributed by atoms with Crippen LogP contribution in [0.15, 0.2) is 47.6 Å². The average Bonchev–Trinajstić information content (AvgIpc) is 3.12. The molecule has 1 amide bonds. The Morgan fingerprint density at radius 1 is 1.16 bits per heavy atom. The van der Waals surface area contributed by atoms with E-state index in [0.29, 0.717) is 18.7 Å². The molecule has 3 heterocycles. The Kier molecular flexibility index (Phi) is 4.59. The molecule has 0 N–H and O–H groups in total. The van der Waals surface area contributed by atoms with Crippen LogP contribution in [-0.4, -0.2) is 53.2 Å². The van der Waals surface area contributed by atoms with Gasteiger partial charge in [0.15, 0.2) is 5.13 Å². The van der Waals surface area contributed by atoms with Gasteiger partial charge >= 0.3 is 0 Å². The summed E-state index contributed by atoms with van der Waals surface area (Å²) in [5, 5.41) is 1.92. The van der Waals surface area contributed by atoms with Crippen molar-refractivity contribution < 1.29 is 4.79 Å². The van der Waals surface area contributed by atoms with Gasteiger partial charge in [-0.3, -0.25) is 4.79 Å². The average molecular weight is 371 g/mol. The van der Waals surface area contributed by atoms with Crippen molar-refractivity contribution in [2.45, 2.75) is 5.03 Å². The van der Waals surface area contributed by atoms with E-state index in [2.05, 4.69) is 16.0 Å². The van der Waals surface area contributed by atoms with Crippen molar-refractivity contribution in [3.63, 3.8) is 0 Å². The lowest BCUT2D eigenvalue weighted by molar-refractivity contribution is 0.0746. The first-order valence-electron chi connectivity index (χ1n) is 8.14. The maximum Gasteiger partial charge on any atom is 0.254 e. The van der Waals surface area contributed by atoms with Gasteiger partial charge in [-0.05, 0) is 30.5 Å². The molecular weight excluding hydrogens is 352 g/mol. The molecule has 5 nitrogen and oxygen atoms in total. The Bertz CT molecular complexity index is 870. The molecule has 0 bridgehead atoms. The first-order valence-corrected chi connectivity index (χ1v) is 10.2. The van der Waals surface area contributed by atoms with E-state index in [1.807, 2.05) is 35.4 Å². The van der Waals surface area contributed by atoms with E-state index in [1.54, 1.807) is 35.4 Å². The molecule has 0 radical (unpaired) electrons. The third kappa shape index (κ3) is 3.34. The first-order chi connectivity index (χ1) is 12.2. The number of aromatic nitrogens is 2. The molecule has 2 aromatic heterocycles. The second-order valence-corrected chi connectivity index (χ2v) is 7.67. The number of pyridine rings is 1. The topological polar surface area (TPSA) is 49.3 Å². The monoisotopic (exact) mass is 370 g/mol. The SMILES string of the molecule is CSc1cc(C(=O)N2CCN(c3nc4ccccc4s3)CC2)ccn1. The number of amides is 1. The Hall–Kier alpha value is -2.12. The zero-order valence-electron chi connectivity index (χ0n) is 13.9. The molecule has 7 heteroatoms. The molecule has 0 unspecified atom stereocenters. The number of thioether (sulfide) groups is 1. The van der Waals surface area contributed by atoms with E-state index in [9.17, 15) is 4.79 Å². The van der Waals surface area contributed by atoms with Gasteiger partial charge in [-0.15, -0.1) is 11.8 Å². The molecular formula is C18H18N4OS2. The van der Waals surface area contributed by atoms with Crippen molar-refractivity contribution >= 4 is 44.4 Å². The van der Waals surface area contributed by atoms with Gasteiger partial charge in [0.25, 0.3) is 5.91 Å². The highest BCUT2D eigenvalue weighted by Crippen LogP contribution is 2.29. The maximum atomic E-state index is 12.7. The van der Waals surface area contributed by atoms with Crippen LogP contribution in [-0.2, 0) is 0 Å². The fourth-order valence-electron chi connectivity index (χ4n) is 2.93. The van der Waals surface area contributed by atoms with E-state index in [-0.39, 0.29) is 5.91 Å². The fourth-order valence-corrected chi connectivity index (χ4v) is 4.36. The Morgan fingerprint density at radius 2 is 1.96 bits per heavy atom. The molecule has 1 saturated heterocycles. The van der Waals surface area contributed by atoms with Crippen LogP contribution in [0.2, 0.25) is 0 Å². The summed E-state index contributed by atoms with van der Waals surface area (Å²) in [6.45, 7) is 3.05. The highest BCUT2D eigenvalue weighted by atomic mass is 32.2. The number of para-hydroxylation sites is 1. The Balaban J connectivity index is 1.44. The summed E-state index contributed by atoms with van der Waals surface area (Å²) in [4.78, 5) is 25.9. The van der Waals surface area contributed by atoms with Gasteiger partial charge < -0.3 is 9.80 Å². The summed E-state index contributed by atoms with van der Waals surface area (Å²) in [6, 6.07) is 11.9. The molecule has 0 spiro atoms. The number of thiazole rings is 1. The van der Waals surface area contributed by atoms with Crippen LogP contribution in [0.1, 0.15) is 10.4 Å². The van der Waals surface area contributed by atoms with Gasteiger partial charge in [0.2, 0.25) is 0 Å². The third-order valence-electron chi connectivity index (χ3n) is 4.31. The van der Waals surface area contributed by atoms with E-state index in [0.717, 1.165) is 28.8 Å². The van der Waals surface area contributed by atoms with Crippen molar-refractivity contribution in [2.75, 3.05) is 37.3 Å². The molecule has 1 aromatic carbocycles. The normalized spacial score (nSPS) is 14.9. The highest BCUT2D eigenvalue weighted by molar-refractivity contribution is 7.98. The molecule has 0 saturated carbocycles. The quantitative estimate of drug-likeness (QED) is 0.662. The number of rotatable bonds is 3. The molecule has 0 aliphatic carbocycles. The summed E-state index contributed by atoms with van der Waals surface area (Å²) < 4.78 is 1.21. The van der Waals surface area contributed by atoms with Gasteiger partial charge in [0.1, 0.15) is 0 Å². The Labute approximate surface area is 154 Å². The lowest BCUT2D eigenvalue weighted by Crippen LogP contribution is -2.48. The first kappa shape index (κ1) is 16.4.